The number of aryl methyl sites for hydroxylation is 2. The topological polar surface area (TPSA) is 132 Å². The van der Waals surface area contributed by atoms with Crippen LogP contribution in [-0.2, 0) is 4.79 Å². The van der Waals surface area contributed by atoms with Crippen molar-refractivity contribution in [3.8, 4) is 11.8 Å². The second-order valence-electron chi connectivity index (χ2n) is 7.62. The predicted octanol–water partition coefficient (Wildman–Crippen LogP) is 3.06. The molecule has 2 amide bonds. The first-order valence-electron chi connectivity index (χ1n) is 10.2. The van der Waals surface area contributed by atoms with Crippen molar-refractivity contribution >= 4 is 29.2 Å². The lowest BCUT2D eigenvalue weighted by atomic mass is 10.0. The van der Waals surface area contributed by atoms with E-state index >= 15 is 0 Å². The Morgan fingerprint density at radius 2 is 1.81 bits per heavy atom. The van der Waals surface area contributed by atoms with E-state index in [0.29, 0.717) is 12.1 Å². The lowest BCUT2D eigenvalue weighted by Crippen LogP contribution is -2.46. The van der Waals surface area contributed by atoms with E-state index in [0.717, 1.165) is 28.1 Å². The van der Waals surface area contributed by atoms with Crippen molar-refractivity contribution in [3.05, 3.63) is 58.7 Å². The first-order chi connectivity index (χ1) is 15.1. The molecule has 2 rings (SSSR count). The number of carbonyl (C=O) groups excluding carboxylic acids is 1. The van der Waals surface area contributed by atoms with Gasteiger partial charge in [0.05, 0.1) is 6.54 Å². The van der Waals surface area contributed by atoms with Gasteiger partial charge in [-0.15, -0.1) is 0 Å². The Morgan fingerprint density at radius 3 is 2.38 bits per heavy atom. The average Bonchev–Trinajstić information content (AvgIpc) is 2.72. The molecule has 0 unspecified atom stereocenters. The fraction of sp³-hybridized carbons (Fsp3) is 0.292. The van der Waals surface area contributed by atoms with Crippen LogP contribution < -0.4 is 21.3 Å². The molecule has 0 atom stereocenters. The van der Waals surface area contributed by atoms with E-state index < -0.39 is 18.5 Å². The van der Waals surface area contributed by atoms with Crippen LogP contribution in [0, 0.1) is 31.1 Å². The number of amides is 2. The molecule has 0 fully saturated rings. The maximum atomic E-state index is 12.5. The highest BCUT2D eigenvalue weighted by Gasteiger charge is 2.22. The van der Waals surface area contributed by atoms with Crippen molar-refractivity contribution in [1.29, 1.82) is 5.41 Å². The maximum absolute atomic E-state index is 12.5. The Hall–Kier alpha value is -3.99. The Labute approximate surface area is 188 Å². The van der Waals surface area contributed by atoms with E-state index in [1.165, 1.54) is 0 Å². The molecule has 6 N–H and O–H groups in total. The highest BCUT2D eigenvalue weighted by molar-refractivity contribution is 5.95. The number of carboxylic acid groups (broad SMARTS) is 1. The normalized spacial score (nSPS) is 10.2. The number of nitrogens with zero attached hydrogens (tertiary/aromatic N) is 1. The lowest BCUT2D eigenvalue weighted by Gasteiger charge is -2.29. The molecule has 168 valence electrons. The molecule has 8 heteroatoms. The standard InChI is InChI=1S/C24H29N5O3/c1-15(2)29(24(32)28-14-22(30)31)21-13-16(3)19(12-17(21)4)6-5-11-27-20-9-7-18(8-10-20)23(25)26/h7-10,12-13,15,27H,11,14H2,1-4H3,(H3,25,26)(H,28,32)(H,30,31). The van der Waals surface area contributed by atoms with Gasteiger partial charge in [0.25, 0.3) is 0 Å². The molecule has 8 nitrogen and oxygen atoms in total. The van der Waals surface area contributed by atoms with E-state index in [1.807, 2.05) is 52.0 Å². The van der Waals surface area contributed by atoms with Gasteiger partial charge in [0.2, 0.25) is 0 Å². The minimum atomic E-state index is -1.09. The lowest BCUT2D eigenvalue weighted by molar-refractivity contribution is -0.135. The smallest absolute Gasteiger partial charge is 0.323 e. The van der Waals surface area contributed by atoms with Crippen LogP contribution in [0.3, 0.4) is 0 Å². The van der Waals surface area contributed by atoms with Gasteiger partial charge >= 0.3 is 12.0 Å². The summed E-state index contributed by atoms with van der Waals surface area (Å²) in [6.07, 6.45) is 0. The SMILES string of the molecule is Cc1cc(N(C(=O)NCC(=O)O)C(C)C)c(C)cc1C#CCNc1ccc(C(=N)N)cc1. The van der Waals surface area contributed by atoms with Crippen LogP contribution in [0.25, 0.3) is 0 Å². The van der Waals surface area contributed by atoms with E-state index in [1.54, 1.807) is 17.0 Å². The summed E-state index contributed by atoms with van der Waals surface area (Å²) in [5.41, 5.74) is 10.4. The van der Waals surface area contributed by atoms with Crippen molar-refractivity contribution in [3.63, 3.8) is 0 Å². The maximum Gasteiger partial charge on any atom is 0.323 e. The van der Waals surface area contributed by atoms with Gasteiger partial charge in [0.1, 0.15) is 12.4 Å². The molecule has 0 aliphatic rings. The van der Waals surface area contributed by atoms with Crippen LogP contribution >= 0.6 is 0 Å². The zero-order valence-electron chi connectivity index (χ0n) is 18.7. The number of nitrogens with one attached hydrogen (secondary N) is 3. The first-order valence-corrected chi connectivity index (χ1v) is 10.2. The third-order valence-corrected chi connectivity index (χ3v) is 4.73. The van der Waals surface area contributed by atoms with Crippen LogP contribution in [0.4, 0.5) is 16.2 Å². The number of nitrogens with two attached hydrogens (primary N) is 1. The number of carbonyl (C=O) groups is 2. The molecule has 0 spiro atoms. The van der Waals surface area contributed by atoms with Gasteiger partial charge in [0.15, 0.2) is 0 Å². The van der Waals surface area contributed by atoms with Gasteiger partial charge in [-0.25, -0.2) is 4.79 Å². The minimum absolute atomic E-state index is 0.0287. The summed E-state index contributed by atoms with van der Waals surface area (Å²) in [6.45, 7) is 7.57. The quantitative estimate of drug-likeness (QED) is 0.259. The predicted molar refractivity (Wildman–Crippen MR) is 127 cm³/mol. The van der Waals surface area contributed by atoms with E-state index in [4.69, 9.17) is 16.2 Å². The number of hydrogen-bond donors (Lipinski definition) is 5. The van der Waals surface area contributed by atoms with Gasteiger partial charge in [-0.3, -0.25) is 15.1 Å². The highest BCUT2D eigenvalue weighted by Crippen LogP contribution is 2.26. The second kappa shape index (κ2) is 10.9. The Bertz CT molecular complexity index is 1070. The largest absolute Gasteiger partial charge is 0.480 e. The molecule has 0 aliphatic heterocycles. The molecule has 0 saturated heterocycles. The zero-order chi connectivity index (χ0) is 23.8. The van der Waals surface area contributed by atoms with Crippen LogP contribution in [-0.4, -0.2) is 42.1 Å². The minimum Gasteiger partial charge on any atom is -0.480 e. The van der Waals surface area contributed by atoms with Gasteiger partial charge < -0.3 is 21.5 Å². The average molecular weight is 436 g/mol. The van der Waals surface area contributed by atoms with E-state index in [-0.39, 0.29) is 11.9 Å². The van der Waals surface area contributed by atoms with Crippen molar-refractivity contribution in [1.82, 2.24) is 5.32 Å². The summed E-state index contributed by atoms with van der Waals surface area (Å²) < 4.78 is 0. The number of amidine groups is 1. The van der Waals surface area contributed by atoms with Crippen molar-refractivity contribution in [2.24, 2.45) is 5.73 Å². The number of aliphatic carboxylic acids is 1. The molecular weight excluding hydrogens is 406 g/mol. The number of benzene rings is 2. The first kappa shape index (κ1) is 24.3. The van der Waals surface area contributed by atoms with Gasteiger partial charge in [-0.2, -0.15) is 0 Å². The molecule has 0 bridgehead atoms. The summed E-state index contributed by atoms with van der Waals surface area (Å²) in [6, 6.07) is 10.5. The number of carboxylic acids is 1. The number of hydrogen-bond acceptors (Lipinski definition) is 4. The second-order valence-corrected chi connectivity index (χ2v) is 7.62. The summed E-state index contributed by atoms with van der Waals surface area (Å²) in [5, 5.41) is 21.9. The van der Waals surface area contributed by atoms with E-state index in [9.17, 15) is 9.59 Å². The monoisotopic (exact) mass is 435 g/mol. The Balaban J connectivity index is 2.14. The van der Waals surface area contributed by atoms with Crippen molar-refractivity contribution in [2.45, 2.75) is 33.7 Å². The third-order valence-electron chi connectivity index (χ3n) is 4.73. The summed E-state index contributed by atoms with van der Waals surface area (Å²) in [5.74, 6) is 5.19. The van der Waals surface area contributed by atoms with Crippen LogP contribution in [0.15, 0.2) is 36.4 Å². The molecule has 2 aromatic carbocycles. The van der Waals surface area contributed by atoms with Gasteiger partial charge in [-0.05, 0) is 75.2 Å². The number of urea groups is 1. The zero-order valence-corrected chi connectivity index (χ0v) is 18.7. The fourth-order valence-corrected chi connectivity index (χ4v) is 3.11. The highest BCUT2D eigenvalue weighted by atomic mass is 16.4. The van der Waals surface area contributed by atoms with Crippen LogP contribution in [0.2, 0.25) is 0 Å². The number of rotatable bonds is 7. The molecule has 0 heterocycles. The molecule has 0 radical (unpaired) electrons. The Morgan fingerprint density at radius 1 is 1.16 bits per heavy atom. The molecule has 0 aliphatic carbocycles. The number of nitrogen functional groups attached to an aromatic ring is 1. The van der Waals surface area contributed by atoms with Crippen molar-refractivity contribution < 1.29 is 14.7 Å². The molecule has 32 heavy (non-hydrogen) atoms. The third kappa shape index (κ3) is 6.51. The molecular formula is C24H29N5O3. The molecule has 0 aromatic heterocycles. The molecule has 2 aromatic rings. The van der Waals surface area contributed by atoms with E-state index in [2.05, 4.69) is 22.5 Å². The summed E-state index contributed by atoms with van der Waals surface area (Å²) >= 11 is 0. The Kier molecular flexibility index (Phi) is 8.24. The molecule has 0 saturated carbocycles. The van der Waals surface area contributed by atoms with Gasteiger partial charge in [-0.1, -0.05) is 11.8 Å². The summed E-state index contributed by atoms with van der Waals surface area (Å²) in [4.78, 5) is 24.9. The van der Waals surface area contributed by atoms with Gasteiger partial charge in [0, 0.05) is 28.5 Å². The fourth-order valence-electron chi connectivity index (χ4n) is 3.11. The number of anilines is 2. The summed E-state index contributed by atoms with van der Waals surface area (Å²) in [7, 11) is 0. The van der Waals surface area contributed by atoms with Crippen LogP contribution in [0.1, 0.15) is 36.1 Å². The van der Waals surface area contributed by atoms with Crippen LogP contribution in [0.5, 0.6) is 0 Å². The van der Waals surface area contributed by atoms with Crippen molar-refractivity contribution in [2.75, 3.05) is 23.3 Å².